The zero-order chi connectivity index (χ0) is 14.4. The van der Waals surface area contributed by atoms with Crippen LogP contribution in [0.25, 0.3) is 0 Å². The molecule has 1 aromatic heterocycles. The molecule has 2 aliphatic rings. The standard InChI is InChI=1S/C12H19N3O3S2/c1-8-10(19-11(16)14-8)20(17,18)15-9-3-6-13-12(7-9)4-2-5-12/h9,13,15H,2-7H2,1H3,(H,14,16). The van der Waals surface area contributed by atoms with E-state index in [1.807, 2.05) is 0 Å². The summed E-state index contributed by atoms with van der Waals surface area (Å²) in [6, 6.07) is -0.0434. The monoisotopic (exact) mass is 317 g/mol. The molecule has 0 bridgehead atoms. The smallest absolute Gasteiger partial charge is 0.305 e. The molecule has 1 aliphatic carbocycles. The molecule has 1 atom stereocenters. The van der Waals surface area contributed by atoms with E-state index in [1.54, 1.807) is 6.92 Å². The first-order chi connectivity index (χ1) is 9.40. The Morgan fingerprint density at radius 3 is 2.70 bits per heavy atom. The van der Waals surface area contributed by atoms with E-state index in [-0.39, 0.29) is 20.7 Å². The highest BCUT2D eigenvalue weighted by Gasteiger charge is 2.42. The number of H-pyrrole nitrogens is 1. The van der Waals surface area contributed by atoms with E-state index in [0.29, 0.717) is 5.69 Å². The van der Waals surface area contributed by atoms with Gasteiger partial charge in [-0.1, -0.05) is 11.3 Å². The number of aromatic amines is 1. The van der Waals surface area contributed by atoms with Crippen molar-refractivity contribution in [1.29, 1.82) is 0 Å². The van der Waals surface area contributed by atoms with E-state index in [1.165, 1.54) is 6.42 Å². The first-order valence-electron chi connectivity index (χ1n) is 6.87. The van der Waals surface area contributed by atoms with Crippen molar-refractivity contribution in [2.75, 3.05) is 6.54 Å². The Kier molecular flexibility index (Phi) is 3.52. The number of piperidine rings is 1. The van der Waals surface area contributed by atoms with Crippen molar-refractivity contribution in [3.63, 3.8) is 0 Å². The zero-order valence-corrected chi connectivity index (χ0v) is 13.0. The van der Waals surface area contributed by atoms with Crippen molar-refractivity contribution >= 4 is 21.4 Å². The van der Waals surface area contributed by atoms with Crippen LogP contribution in [0.3, 0.4) is 0 Å². The number of aromatic nitrogens is 1. The Labute approximate surface area is 122 Å². The van der Waals surface area contributed by atoms with Gasteiger partial charge in [-0.25, -0.2) is 13.1 Å². The second kappa shape index (κ2) is 4.94. The van der Waals surface area contributed by atoms with Gasteiger partial charge < -0.3 is 10.3 Å². The van der Waals surface area contributed by atoms with Crippen molar-refractivity contribution in [2.24, 2.45) is 0 Å². The van der Waals surface area contributed by atoms with Gasteiger partial charge in [0.2, 0.25) is 0 Å². The first-order valence-corrected chi connectivity index (χ1v) is 9.17. The number of nitrogens with one attached hydrogen (secondary N) is 3. The minimum atomic E-state index is -3.59. The lowest BCUT2D eigenvalue weighted by Gasteiger charge is -2.48. The molecule has 1 aromatic rings. The molecule has 1 saturated heterocycles. The summed E-state index contributed by atoms with van der Waals surface area (Å²) in [6.45, 7) is 2.46. The summed E-state index contributed by atoms with van der Waals surface area (Å²) >= 11 is 0.752. The minimum Gasteiger partial charge on any atom is -0.315 e. The lowest BCUT2D eigenvalue weighted by atomic mass is 9.70. The summed E-state index contributed by atoms with van der Waals surface area (Å²) in [5.41, 5.74) is 0.561. The van der Waals surface area contributed by atoms with E-state index in [4.69, 9.17) is 0 Å². The molecule has 1 spiro atoms. The highest BCUT2D eigenvalue weighted by Crippen LogP contribution is 2.38. The molecule has 0 amide bonds. The van der Waals surface area contributed by atoms with Gasteiger partial charge in [0.05, 0.1) is 0 Å². The predicted octanol–water partition coefficient (Wildman–Crippen LogP) is 0.698. The van der Waals surface area contributed by atoms with E-state index in [2.05, 4.69) is 15.0 Å². The summed E-state index contributed by atoms with van der Waals surface area (Å²) in [5.74, 6) is 0. The second-order valence-electron chi connectivity index (χ2n) is 5.80. The molecule has 1 aliphatic heterocycles. The molecule has 2 fully saturated rings. The molecule has 112 valence electrons. The third kappa shape index (κ3) is 2.57. The molecule has 8 heteroatoms. The highest BCUT2D eigenvalue weighted by atomic mass is 32.2. The number of thiazole rings is 1. The van der Waals surface area contributed by atoms with Crippen LogP contribution < -0.4 is 14.9 Å². The molecule has 20 heavy (non-hydrogen) atoms. The molecular weight excluding hydrogens is 298 g/mol. The fourth-order valence-corrected chi connectivity index (χ4v) is 5.75. The number of rotatable bonds is 3. The van der Waals surface area contributed by atoms with Crippen molar-refractivity contribution in [3.05, 3.63) is 15.4 Å². The SMILES string of the molecule is Cc1[nH]c(=O)sc1S(=O)(=O)NC1CCNC2(CCC2)C1. The van der Waals surface area contributed by atoms with Crippen LogP contribution in [0.5, 0.6) is 0 Å². The van der Waals surface area contributed by atoms with Gasteiger partial charge in [0.25, 0.3) is 10.0 Å². The second-order valence-corrected chi connectivity index (χ2v) is 8.69. The van der Waals surface area contributed by atoms with Gasteiger partial charge in [0.15, 0.2) is 4.21 Å². The van der Waals surface area contributed by atoms with Crippen molar-refractivity contribution in [1.82, 2.24) is 15.0 Å². The Bertz CT molecular complexity index is 658. The van der Waals surface area contributed by atoms with E-state index in [9.17, 15) is 13.2 Å². The lowest BCUT2D eigenvalue weighted by Crippen LogP contribution is -2.59. The number of hydrogen-bond acceptors (Lipinski definition) is 5. The fraction of sp³-hybridized carbons (Fsp3) is 0.750. The third-order valence-electron chi connectivity index (χ3n) is 4.29. The van der Waals surface area contributed by atoms with Crippen LogP contribution in [0, 0.1) is 6.92 Å². The largest absolute Gasteiger partial charge is 0.315 e. The van der Waals surface area contributed by atoms with Crippen LogP contribution in [-0.2, 0) is 10.0 Å². The predicted molar refractivity (Wildman–Crippen MR) is 77.6 cm³/mol. The summed E-state index contributed by atoms with van der Waals surface area (Å²) < 4.78 is 27.6. The average molecular weight is 317 g/mol. The van der Waals surface area contributed by atoms with Gasteiger partial charge in [0, 0.05) is 17.3 Å². The lowest BCUT2D eigenvalue weighted by molar-refractivity contribution is 0.126. The maximum absolute atomic E-state index is 12.4. The Hall–Kier alpha value is -0.700. The Morgan fingerprint density at radius 2 is 2.15 bits per heavy atom. The van der Waals surface area contributed by atoms with Crippen molar-refractivity contribution in [2.45, 2.75) is 54.8 Å². The normalized spacial score (nSPS) is 25.6. The molecule has 2 heterocycles. The van der Waals surface area contributed by atoms with Gasteiger partial charge >= 0.3 is 4.87 Å². The van der Waals surface area contributed by atoms with Gasteiger partial charge in [-0.15, -0.1) is 0 Å². The summed E-state index contributed by atoms with van der Waals surface area (Å²) in [5, 5.41) is 3.51. The third-order valence-corrected chi connectivity index (χ3v) is 7.41. The van der Waals surface area contributed by atoms with E-state index < -0.39 is 10.0 Å². The molecular formula is C12H19N3O3S2. The molecule has 0 aromatic carbocycles. The first kappa shape index (κ1) is 14.2. The molecule has 1 unspecified atom stereocenters. The quantitative estimate of drug-likeness (QED) is 0.765. The van der Waals surface area contributed by atoms with Gasteiger partial charge in [-0.2, -0.15) is 0 Å². The number of aryl methyl sites for hydroxylation is 1. The van der Waals surface area contributed by atoms with Crippen LogP contribution in [0.2, 0.25) is 0 Å². The zero-order valence-electron chi connectivity index (χ0n) is 11.4. The average Bonchev–Trinajstić information content (AvgIpc) is 2.67. The van der Waals surface area contributed by atoms with E-state index in [0.717, 1.165) is 43.6 Å². The molecule has 3 rings (SSSR count). The van der Waals surface area contributed by atoms with Gasteiger partial charge in [-0.3, -0.25) is 4.79 Å². The minimum absolute atomic E-state index is 0.0434. The maximum Gasteiger partial charge on any atom is 0.305 e. The Balaban J connectivity index is 1.76. The van der Waals surface area contributed by atoms with Crippen molar-refractivity contribution in [3.8, 4) is 0 Å². The van der Waals surface area contributed by atoms with Crippen LogP contribution in [0.15, 0.2) is 9.00 Å². The van der Waals surface area contributed by atoms with Crippen LogP contribution >= 0.6 is 11.3 Å². The molecule has 6 nitrogen and oxygen atoms in total. The van der Waals surface area contributed by atoms with Crippen LogP contribution in [0.4, 0.5) is 0 Å². The maximum atomic E-state index is 12.4. The van der Waals surface area contributed by atoms with Gasteiger partial charge in [0.1, 0.15) is 0 Å². The topological polar surface area (TPSA) is 91.1 Å². The molecule has 3 N–H and O–H groups in total. The molecule has 0 radical (unpaired) electrons. The number of hydrogen-bond donors (Lipinski definition) is 3. The van der Waals surface area contributed by atoms with E-state index >= 15 is 0 Å². The Morgan fingerprint density at radius 1 is 1.40 bits per heavy atom. The summed E-state index contributed by atoms with van der Waals surface area (Å²) in [7, 11) is -3.59. The summed E-state index contributed by atoms with van der Waals surface area (Å²) in [6.07, 6.45) is 5.10. The van der Waals surface area contributed by atoms with Crippen LogP contribution in [-0.4, -0.2) is 31.5 Å². The summed E-state index contributed by atoms with van der Waals surface area (Å²) in [4.78, 5) is 13.5. The highest BCUT2D eigenvalue weighted by molar-refractivity contribution is 7.91. The van der Waals surface area contributed by atoms with Crippen molar-refractivity contribution < 1.29 is 8.42 Å². The number of sulfonamides is 1. The van der Waals surface area contributed by atoms with Crippen LogP contribution in [0.1, 0.15) is 37.8 Å². The fourth-order valence-electron chi connectivity index (χ4n) is 3.16. The molecule has 1 saturated carbocycles. The van der Waals surface area contributed by atoms with Gasteiger partial charge in [-0.05, 0) is 45.6 Å².